The molecule has 1 aromatic carbocycles. The molecule has 72 valence electrons. The largest absolute Gasteiger partial charge is 0.328 e. The van der Waals surface area contributed by atoms with Gasteiger partial charge in [0.25, 0.3) is 0 Å². The Morgan fingerprint density at radius 1 is 1.46 bits per heavy atom. The number of nitrogens with two attached hydrogens (primary N) is 1. The molecule has 0 saturated carbocycles. The topological polar surface area (TPSA) is 26.0 Å². The van der Waals surface area contributed by atoms with E-state index in [0.29, 0.717) is 0 Å². The van der Waals surface area contributed by atoms with Crippen LogP contribution in [-0.4, -0.2) is 6.04 Å². The van der Waals surface area contributed by atoms with E-state index in [-0.39, 0.29) is 6.04 Å². The van der Waals surface area contributed by atoms with Crippen molar-refractivity contribution in [2.75, 3.05) is 0 Å². The zero-order chi connectivity index (χ0) is 9.84. The highest BCUT2D eigenvalue weighted by atomic mass is 35.5. The Morgan fingerprint density at radius 3 is 2.77 bits per heavy atom. The molecule has 13 heavy (non-hydrogen) atoms. The Morgan fingerprint density at radius 2 is 2.15 bits per heavy atom. The molecule has 0 aromatic heterocycles. The number of halogens is 1. The van der Waals surface area contributed by atoms with Crippen molar-refractivity contribution in [3.63, 3.8) is 0 Å². The SMILES string of the molecule is Cc1cccc(CCC(C)N)c1Cl. The number of aryl methyl sites for hydroxylation is 2. The lowest BCUT2D eigenvalue weighted by Crippen LogP contribution is -2.15. The fourth-order valence-electron chi connectivity index (χ4n) is 1.28. The Hall–Kier alpha value is -0.530. The molecule has 2 heteroatoms. The molecule has 0 heterocycles. The minimum Gasteiger partial charge on any atom is -0.328 e. The fourth-order valence-corrected chi connectivity index (χ4v) is 1.50. The molecular formula is C11H16ClN. The van der Waals surface area contributed by atoms with Crippen molar-refractivity contribution < 1.29 is 0 Å². The Balaban J connectivity index is 2.71. The van der Waals surface area contributed by atoms with Gasteiger partial charge in [-0.2, -0.15) is 0 Å². The lowest BCUT2D eigenvalue weighted by Gasteiger charge is -2.08. The summed E-state index contributed by atoms with van der Waals surface area (Å²) in [5, 5.41) is 0.892. The molecule has 0 bridgehead atoms. The van der Waals surface area contributed by atoms with Crippen molar-refractivity contribution >= 4 is 11.6 Å². The van der Waals surface area contributed by atoms with Crippen LogP contribution >= 0.6 is 11.6 Å². The summed E-state index contributed by atoms with van der Waals surface area (Å²) in [5.41, 5.74) is 8.04. The van der Waals surface area contributed by atoms with Crippen LogP contribution in [0.25, 0.3) is 0 Å². The number of benzene rings is 1. The molecule has 0 aliphatic rings. The monoisotopic (exact) mass is 197 g/mol. The molecule has 0 fully saturated rings. The second-order valence-corrected chi connectivity index (χ2v) is 3.94. The fraction of sp³-hybridized carbons (Fsp3) is 0.455. The quantitative estimate of drug-likeness (QED) is 0.793. The van der Waals surface area contributed by atoms with Gasteiger partial charge in [0.05, 0.1) is 0 Å². The smallest absolute Gasteiger partial charge is 0.0467 e. The number of rotatable bonds is 3. The van der Waals surface area contributed by atoms with E-state index in [0.717, 1.165) is 23.4 Å². The summed E-state index contributed by atoms with van der Waals surface area (Å²) in [6.07, 6.45) is 1.96. The van der Waals surface area contributed by atoms with Crippen molar-refractivity contribution in [1.29, 1.82) is 0 Å². The van der Waals surface area contributed by atoms with Gasteiger partial charge < -0.3 is 5.73 Å². The molecule has 1 unspecified atom stereocenters. The van der Waals surface area contributed by atoms with Crippen LogP contribution in [-0.2, 0) is 6.42 Å². The Kier molecular flexibility index (Phi) is 3.76. The van der Waals surface area contributed by atoms with Gasteiger partial charge in [0.1, 0.15) is 0 Å². The van der Waals surface area contributed by atoms with Crippen molar-refractivity contribution in [2.45, 2.75) is 32.7 Å². The average Bonchev–Trinajstić information content (AvgIpc) is 2.07. The Bertz CT molecular complexity index is 281. The highest BCUT2D eigenvalue weighted by Gasteiger charge is 2.03. The molecule has 0 spiro atoms. The van der Waals surface area contributed by atoms with E-state index in [1.54, 1.807) is 0 Å². The standard InChI is InChI=1S/C11H16ClN/c1-8-4-3-5-10(11(8)12)7-6-9(2)13/h3-5,9H,6-7,13H2,1-2H3. The minimum atomic E-state index is 0.247. The number of hydrogen-bond donors (Lipinski definition) is 1. The van der Waals surface area contributed by atoms with Crippen LogP contribution in [0.3, 0.4) is 0 Å². The normalized spacial score (nSPS) is 12.9. The van der Waals surface area contributed by atoms with Gasteiger partial charge in [-0.15, -0.1) is 0 Å². The highest BCUT2D eigenvalue weighted by Crippen LogP contribution is 2.21. The first kappa shape index (κ1) is 10.6. The predicted molar refractivity (Wildman–Crippen MR) is 58.2 cm³/mol. The van der Waals surface area contributed by atoms with E-state index in [1.807, 2.05) is 26.0 Å². The van der Waals surface area contributed by atoms with E-state index in [1.165, 1.54) is 5.56 Å². The molecular weight excluding hydrogens is 182 g/mol. The van der Waals surface area contributed by atoms with Gasteiger partial charge in [0, 0.05) is 11.1 Å². The van der Waals surface area contributed by atoms with Gasteiger partial charge in [-0.1, -0.05) is 29.8 Å². The van der Waals surface area contributed by atoms with Crippen LogP contribution in [0.15, 0.2) is 18.2 Å². The average molecular weight is 198 g/mol. The van der Waals surface area contributed by atoms with E-state index in [4.69, 9.17) is 17.3 Å². The van der Waals surface area contributed by atoms with Gasteiger partial charge in [0.2, 0.25) is 0 Å². The van der Waals surface area contributed by atoms with E-state index in [2.05, 4.69) is 6.07 Å². The summed E-state index contributed by atoms with van der Waals surface area (Å²) in [6.45, 7) is 4.04. The van der Waals surface area contributed by atoms with Crippen LogP contribution in [0.1, 0.15) is 24.5 Å². The van der Waals surface area contributed by atoms with Crippen LogP contribution in [0, 0.1) is 6.92 Å². The highest BCUT2D eigenvalue weighted by molar-refractivity contribution is 6.32. The molecule has 1 atom stereocenters. The summed E-state index contributed by atoms with van der Waals surface area (Å²) >= 11 is 6.14. The van der Waals surface area contributed by atoms with Crippen LogP contribution in [0.5, 0.6) is 0 Å². The maximum atomic E-state index is 6.14. The Labute approximate surface area is 84.9 Å². The van der Waals surface area contributed by atoms with E-state index >= 15 is 0 Å². The summed E-state index contributed by atoms with van der Waals surface area (Å²) in [6, 6.07) is 6.38. The van der Waals surface area contributed by atoms with Crippen molar-refractivity contribution in [2.24, 2.45) is 5.73 Å². The summed E-state index contributed by atoms with van der Waals surface area (Å²) in [5.74, 6) is 0. The zero-order valence-corrected chi connectivity index (χ0v) is 8.93. The first-order chi connectivity index (χ1) is 6.11. The number of hydrogen-bond acceptors (Lipinski definition) is 1. The first-order valence-electron chi connectivity index (χ1n) is 4.61. The molecule has 0 saturated heterocycles. The summed E-state index contributed by atoms with van der Waals surface area (Å²) in [7, 11) is 0. The summed E-state index contributed by atoms with van der Waals surface area (Å²) < 4.78 is 0. The molecule has 2 N–H and O–H groups in total. The second-order valence-electron chi connectivity index (χ2n) is 3.56. The van der Waals surface area contributed by atoms with Gasteiger partial charge in [-0.25, -0.2) is 0 Å². The van der Waals surface area contributed by atoms with Crippen LogP contribution in [0.4, 0.5) is 0 Å². The molecule has 0 amide bonds. The molecule has 0 radical (unpaired) electrons. The van der Waals surface area contributed by atoms with E-state index in [9.17, 15) is 0 Å². The third kappa shape index (κ3) is 3.02. The minimum absolute atomic E-state index is 0.247. The van der Waals surface area contributed by atoms with Gasteiger partial charge in [-0.3, -0.25) is 0 Å². The lowest BCUT2D eigenvalue weighted by atomic mass is 10.0. The van der Waals surface area contributed by atoms with Gasteiger partial charge in [-0.05, 0) is 37.8 Å². The molecule has 0 aliphatic heterocycles. The summed E-state index contributed by atoms with van der Waals surface area (Å²) in [4.78, 5) is 0. The molecule has 1 aromatic rings. The molecule has 1 nitrogen and oxygen atoms in total. The third-order valence-electron chi connectivity index (χ3n) is 2.14. The predicted octanol–water partition coefficient (Wildman–Crippen LogP) is 2.93. The van der Waals surface area contributed by atoms with Crippen LogP contribution < -0.4 is 5.73 Å². The lowest BCUT2D eigenvalue weighted by molar-refractivity contribution is 0.666. The third-order valence-corrected chi connectivity index (χ3v) is 2.68. The zero-order valence-electron chi connectivity index (χ0n) is 8.18. The van der Waals surface area contributed by atoms with Crippen molar-refractivity contribution in [1.82, 2.24) is 0 Å². The molecule has 0 aliphatic carbocycles. The van der Waals surface area contributed by atoms with Crippen molar-refractivity contribution in [3.8, 4) is 0 Å². The maximum absolute atomic E-state index is 6.14. The second kappa shape index (κ2) is 4.64. The maximum Gasteiger partial charge on any atom is 0.0467 e. The van der Waals surface area contributed by atoms with Crippen molar-refractivity contribution in [3.05, 3.63) is 34.3 Å². The van der Waals surface area contributed by atoms with Gasteiger partial charge in [0.15, 0.2) is 0 Å². The molecule has 1 rings (SSSR count). The van der Waals surface area contributed by atoms with Gasteiger partial charge >= 0.3 is 0 Å². The van der Waals surface area contributed by atoms with Crippen LogP contribution in [0.2, 0.25) is 5.02 Å². The first-order valence-corrected chi connectivity index (χ1v) is 4.98. The van der Waals surface area contributed by atoms with E-state index < -0.39 is 0 Å².